The molecule has 0 amide bonds. The molecule has 0 aliphatic heterocycles. The third-order valence-corrected chi connectivity index (χ3v) is 8.59. The number of rotatable bonds is 4. The lowest BCUT2D eigenvalue weighted by molar-refractivity contribution is 0.188. The van der Waals surface area contributed by atoms with Crippen LogP contribution in [0.25, 0.3) is 11.1 Å². The molecule has 1 nitrogen and oxygen atoms in total. The van der Waals surface area contributed by atoms with Gasteiger partial charge in [0.15, 0.2) is 0 Å². The lowest BCUT2D eigenvalue weighted by Gasteiger charge is -2.52. The predicted molar refractivity (Wildman–Crippen MR) is 144 cm³/mol. The third kappa shape index (κ3) is 3.38. The van der Waals surface area contributed by atoms with E-state index in [2.05, 4.69) is 123 Å². The SMILES string of the molecule is Cc1cc(N(c2ccccc2)c2ccccc2)ccc1-c1ccc2c(c1)C1(C)CCC2(C)CC1. The van der Waals surface area contributed by atoms with Gasteiger partial charge in [-0.15, -0.1) is 0 Å². The normalized spacial score (nSPS) is 22.9. The van der Waals surface area contributed by atoms with Crippen molar-refractivity contribution < 1.29 is 0 Å². The Morgan fingerprint density at radius 1 is 0.559 bits per heavy atom. The van der Waals surface area contributed by atoms with E-state index in [1.807, 2.05) is 0 Å². The second-order valence-corrected chi connectivity index (χ2v) is 10.9. The molecule has 0 heterocycles. The van der Waals surface area contributed by atoms with Gasteiger partial charge in [0.05, 0.1) is 0 Å². The molecule has 0 unspecified atom stereocenters. The maximum atomic E-state index is 2.51. The van der Waals surface area contributed by atoms with Crippen molar-refractivity contribution in [2.24, 2.45) is 0 Å². The number of nitrogens with zero attached hydrogens (tertiary/aromatic N) is 1. The molecule has 34 heavy (non-hydrogen) atoms. The summed E-state index contributed by atoms with van der Waals surface area (Å²) in [5, 5.41) is 0. The number of para-hydroxylation sites is 2. The Bertz CT molecular complexity index is 1290. The second-order valence-electron chi connectivity index (χ2n) is 10.9. The summed E-state index contributed by atoms with van der Waals surface area (Å²) in [7, 11) is 0. The minimum atomic E-state index is 0.342. The molecular formula is C33H33N. The summed E-state index contributed by atoms with van der Waals surface area (Å²) in [5.74, 6) is 0. The Morgan fingerprint density at radius 2 is 1.12 bits per heavy atom. The van der Waals surface area contributed by atoms with Crippen molar-refractivity contribution in [3.05, 3.63) is 114 Å². The van der Waals surface area contributed by atoms with Crippen molar-refractivity contribution in [1.82, 2.24) is 0 Å². The highest BCUT2D eigenvalue weighted by molar-refractivity contribution is 5.80. The van der Waals surface area contributed by atoms with Gasteiger partial charge in [0.2, 0.25) is 0 Å². The number of anilines is 3. The molecule has 1 heteroatoms. The van der Waals surface area contributed by atoms with Gasteiger partial charge in [0, 0.05) is 17.1 Å². The molecule has 170 valence electrons. The van der Waals surface area contributed by atoms with Gasteiger partial charge in [-0.1, -0.05) is 74.5 Å². The summed E-state index contributed by atoms with van der Waals surface area (Å²) < 4.78 is 0. The number of hydrogen-bond acceptors (Lipinski definition) is 1. The van der Waals surface area contributed by atoms with E-state index in [1.165, 1.54) is 59.4 Å². The van der Waals surface area contributed by atoms with E-state index in [1.54, 1.807) is 11.1 Å². The minimum absolute atomic E-state index is 0.342. The minimum Gasteiger partial charge on any atom is -0.310 e. The van der Waals surface area contributed by atoms with Gasteiger partial charge < -0.3 is 4.90 Å². The molecule has 0 saturated heterocycles. The van der Waals surface area contributed by atoms with Crippen molar-refractivity contribution in [2.45, 2.75) is 57.3 Å². The molecule has 2 bridgehead atoms. The summed E-state index contributed by atoms with van der Waals surface area (Å²) >= 11 is 0. The summed E-state index contributed by atoms with van der Waals surface area (Å²) in [6.45, 7) is 7.22. The van der Waals surface area contributed by atoms with Crippen molar-refractivity contribution in [1.29, 1.82) is 0 Å². The first-order chi connectivity index (χ1) is 16.5. The van der Waals surface area contributed by atoms with E-state index in [0.717, 1.165) is 0 Å². The molecule has 4 aromatic rings. The van der Waals surface area contributed by atoms with E-state index in [4.69, 9.17) is 0 Å². The lowest BCUT2D eigenvalue weighted by Crippen LogP contribution is -2.44. The maximum Gasteiger partial charge on any atom is 0.0464 e. The zero-order valence-electron chi connectivity index (χ0n) is 20.5. The van der Waals surface area contributed by atoms with E-state index in [9.17, 15) is 0 Å². The first-order valence-corrected chi connectivity index (χ1v) is 12.6. The van der Waals surface area contributed by atoms with Crippen molar-refractivity contribution >= 4 is 17.1 Å². The smallest absolute Gasteiger partial charge is 0.0464 e. The van der Waals surface area contributed by atoms with Gasteiger partial charge in [-0.3, -0.25) is 0 Å². The zero-order chi connectivity index (χ0) is 23.3. The Balaban J connectivity index is 1.42. The third-order valence-electron chi connectivity index (χ3n) is 8.59. The highest BCUT2D eigenvalue weighted by Gasteiger charge is 2.47. The molecule has 1 fully saturated rings. The van der Waals surface area contributed by atoms with E-state index >= 15 is 0 Å². The molecule has 0 spiro atoms. The summed E-state index contributed by atoms with van der Waals surface area (Å²) in [5.41, 5.74) is 11.5. The van der Waals surface area contributed by atoms with Crippen LogP contribution in [0.4, 0.5) is 17.1 Å². The van der Waals surface area contributed by atoms with Crippen LogP contribution in [0.15, 0.2) is 97.1 Å². The van der Waals surface area contributed by atoms with Gasteiger partial charge in [-0.05, 0) is 108 Å². The number of fused-ring (bicyclic) bond motifs is 2. The summed E-state index contributed by atoms with van der Waals surface area (Å²) in [4.78, 5) is 2.34. The molecule has 4 aromatic carbocycles. The van der Waals surface area contributed by atoms with Crippen molar-refractivity contribution in [3.63, 3.8) is 0 Å². The van der Waals surface area contributed by atoms with Crippen molar-refractivity contribution in [3.8, 4) is 11.1 Å². The van der Waals surface area contributed by atoms with Crippen LogP contribution >= 0.6 is 0 Å². The van der Waals surface area contributed by atoms with Gasteiger partial charge in [-0.2, -0.15) is 0 Å². The standard InChI is InChI=1S/C33H33N/c1-24-22-28(34(26-10-6-4-7-11-26)27-12-8-5-9-13-27)15-16-29(24)25-14-17-30-31(23-25)33(3)20-18-32(30,2)19-21-33/h4-17,22-23H,18-21H2,1-3H3. The van der Waals surface area contributed by atoms with Crippen LogP contribution in [0.3, 0.4) is 0 Å². The Morgan fingerprint density at radius 3 is 1.68 bits per heavy atom. The summed E-state index contributed by atoms with van der Waals surface area (Å²) in [6.07, 6.45) is 5.30. The second kappa shape index (κ2) is 7.87. The van der Waals surface area contributed by atoms with Crippen molar-refractivity contribution in [2.75, 3.05) is 4.90 Å². The van der Waals surface area contributed by atoms with Gasteiger partial charge in [0.25, 0.3) is 0 Å². The Kier molecular flexibility index (Phi) is 4.92. The molecule has 0 N–H and O–H groups in total. The zero-order valence-corrected chi connectivity index (χ0v) is 20.5. The topological polar surface area (TPSA) is 3.24 Å². The van der Waals surface area contributed by atoms with Gasteiger partial charge in [0.1, 0.15) is 0 Å². The molecule has 1 saturated carbocycles. The summed E-state index contributed by atoms with van der Waals surface area (Å²) in [6, 6.07) is 35.5. The van der Waals surface area contributed by atoms with Gasteiger partial charge in [-0.25, -0.2) is 0 Å². The highest BCUT2D eigenvalue weighted by atomic mass is 15.1. The molecular weight excluding hydrogens is 410 g/mol. The van der Waals surface area contributed by atoms with Gasteiger partial charge >= 0.3 is 0 Å². The molecule has 3 aliphatic rings. The van der Waals surface area contributed by atoms with Crippen LogP contribution in [-0.4, -0.2) is 0 Å². The molecule has 0 atom stereocenters. The largest absolute Gasteiger partial charge is 0.310 e. The van der Waals surface area contributed by atoms with Crippen LogP contribution in [0.1, 0.15) is 56.2 Å². The molecule has 3 aliphatic carbocycles. The van der Waals surface area contributed by atoms with Crippen LogP contribution in [-0.2, 0) is 10.8 Å². The Hall–Kier alpha value is -3.32. The van der Waals surface area contributed by atoms with E-state index in [0.29, 0.717) is 10.8 Å². The van der Waals surface area contributed by atoms with Crippen LogP contribution < -0.4 is 4.90 Å². The monoisotopic (exact) mass is 443 g/mol. The quantitative estimate of drug-likeness (QED) is 0.304. The maximum absolute atomic E-state index is 2.51. The molecule has 0 radical (unpaired) electrons. The Labute approximate surface area is 204 Å². The number of aryl methyl sites for hydroxylation is 1. The van der Waals surface area contributed by atoms with Crippen LogP contribution in [0.5, 0.6) is 0 Å². The first kappa shape index (κ1) is 21.2. The fourth-order valence-corrected chi connectivity index (χ4v) is 6.34. The number of benzene rings is 4. The predicted octanol–water partition coefficient (Wildman–Crippen LogP) is 9.23. The fraction of sp³-hybridized carbons (Fsp3) is 0.273. The fourth-order valence-electron chi connectivity index (χ4n) is 6.34. The van der Waals surface area contributed by atoms with Crippen LogP contribution in [0, 0.1) is 6.92 Å². The average molecular weight is 444 g/mol. The number of hydrogen-bond donors (Lipinski definition) is 0. The molecule has 7 rings (SSSR count). The average Bonchev–Trinajstić information content (AvgIpc) is 2.87. The van der Waals surface area contributed by atoms with Crippen LogP contribution in [0.2, 0.25) is 0 Å². The highest BCUT2D eigenvalue weighted by Crippen LogP contribution is 2.56. The van der Waals surface area contributed by atoms with E-state index in [-0.39, 0.29) is 0 Å². The first-order valence-electron chi connectivity index (χ1n) is 12.6. The lowest BCUT2D eigenvalue weighted by atomic mass is 9.52. The van der Waals surface area contributed by atoms with E-state index < -0.39 is 0 Å². The molecule has 0 aromatic heterocycles.